The van der Waals surface area contributed by atoms with Crippen LogP contribution in [0, 0.1) is 5.41 Å². The molecule has 0 radical (unpaired) electrons. The van der Waals surface area contributed by atoms with Gasteiger partial charge in [0, 0.05) is 0 Å². The molecule has 3 heteroatoms. The molecule has 0 aliphatic carbocycles. The van der Waals surface area contributed by atoms with E-state index in [0.29, 0.717) is 24.5 Å². The van der Waals surface area contributed by atoms with Gasteiger partial charge in [-0.25, -0.2) is 0 Å². The number of hydrogen-bond acceptors (Lipinski definition) is 2. The van der Waals surface area contributed by atoms with Gasteiger partial charge in [0.05, 0.1) is 12.3 Å². The molecule has 3 nitrogen and oxygen atoms in total. The molecule has 0 unspecified atom stereocenters. The van der Waals surface area contributed by atoms with Gasteiger partial charge in [0.1, 0.15) is 5.75 Å². The van der Waals surface area contributed by atoms with E-state index in [4.69, 9.17) is 4.74 Å². The van der Waals surface area contributed by atoms with Crippen molar-refractivity contribution >= 4 is 12.1 Å². The van der Waals surface area contributed by atoms with Crippen molar-refractivity contribution in [2.45, 2.75) is 20.8 Å². The molecular weight excluding hydrogens is 190 g/mol. The average molecular weight is 207 g/mol. The first-order valence-corrected chi connectivity index (χ1v) is 4.95. The largest absolute Gasteiger partial charge is 0.491 e. The summed E-state index contributed by atoms with van der Waals surface area (Å²) in [7, 11) is 0. The van der Waals surface area contributed by atoms with Crippen LogP contribution in [0.2, 0.25) is 0 Å². The zero-order chi connectivity index (χ0) is 11.3. The van der Waals surface area contributed by atoms with Crippen molar-refractivity contribution in [2.24, 2.45) is 5.41 Å². The van der Waals surface area contributed by atoms with E-state index in [1.165, 1.54) is 0 Å². The van der Waals surface area contributed by atoms with Gasteiger partial charge in [-0.2, -0.15) is 0 Å². The van der Waals surface area contributed by atoms with Crippen LogP contribution in [0.4, 0.5) is 5.69 Å². The molecule has 0 spiro atoms. The van der Waals surface area contributed by atoms with E-state index < -0.39 is 0 Å². The maximum Gasteiger partial charge on any atom is 0.211 e. The summed E-state index contributed by atoms with van der Waals surface area (Å²) in [5.41, 5.74) is 0.811. The van der Waals surface area contributed by atoms with Gasteiger partial charge in [-0.1, -0.05) is 32.9 Å². The fourth-order valence-corrected chi connectivity index (χ4v) is 1.07. The number of ether oxygens (including phenoxy) is 1. The molecule has 0 atom stereocenters. The number of anilines is 1. The second-order valence-electron chi connectivity index (χ2n) is 4.61. The summed E-state index contributed by atoms with van der Waals surface area (Å²) in [6.07, 6.45) is 0.652. The Bertz CT molecular complexity index is 329. The highest BCUT2D eigenvalue weighted by molar-refractivity contribution is 5.75. The van der Waals surface area contributed by atoms with E-state index in [-0.39, 0.29) is 5.41 Å². The van der Waals surface area contributed by atoms with Crippen LogP contribution in [0.25, 0.3) is 0 Å². The van der Waals surface area contributed by atoms with Crippen molar-refractivity contribution in [3.05, 3.63) is 24.3 Å². The first-order chi connectivity index (χ1) is 7.03. The zero-order valence-electron chi connectivity index (χ0n) is 9.41. The lowest BCUT2D eigenvalue weighted by molar-refractivity contribution is -0.105. The molecular formula is C12H17NO2. The predicted molar refractivity (Wildman–Crippen MR) is 61.1 cm³/mol. The van der Waals surface area contributed by atoms with Crippen LogP contribution < -0.4 is 10.1 Å². The quantitative estimate of drug-likeness (QED) is 0.771. The summed E-state index contributed by atoms with van der Waals surface area (Å²) in [4.78, 5) is 10.4. The first kappa shape index (κ1) is 11.6. The van der Waals surface area contributed by atoms with Crippen LogP contribution in [0.5, 0.6) is 5.75 Å². The van der Waals surface area contributed by atoms with Crippen LogP contribution in [0.15, 0.2) is 24.3 Å². The van der Waals surface area contributed by atoms with Gasteiger partial charge in [0.2, 0.25) is 6.41 Å². The summed E-state index contributed by atoms with van der Waals surface area (Å²) < 4.78 is 5.63. The lowest BCUT2D eigenvalue weighted by Crippen LogP contribution is -2.17. The maximum absolute atomic E-state index is 10.4. The molecule has 15 heavy (non-hydrogen) atoms. The molecule has 0 bridgehead atoms. The summed E-state index contributed by atoms with van der Waals surface area (Å²) >= 11 is 0. The van der Waals surface area contributed by atoms with Gasteiger partial charge in [-0.05, 0) is 17.5 Å². The normalized spacial score (nSPS) is 10.9. The number of para-hydroxylation sites is 2. The fraction of sp³-hybridized carbons (Fsp3) is 0.417. The predicted octanol–water partition coefficient (Wildman–Crippen LogP) is 2.68. The highest BCUT2D eigenvalue weighted by Crippen LogP contribution is 2.25. The molecule has 1 rings (SSSR count). The third-order valence-corrected chi connectivity index (χ3v) is 1.76. The third-order valence-electron chi connectivity index (χ3n) is 1.76. The van der Waals surface area contributed by atoms with Gasteiger partial charge in [-0.3, -0.25) is 4.79 Å². The number of nitrogens with one attached hydrogen (secondary N) is 1. The Labute approximate surface area is 90.4 Å². The topological polar surface area (TPSA) is 38.3 Å². The van der Waals surface area contributed by atoms with Crippen molar-refractivity contribution in [2.75, 3.05) is 11.9 Å². The van der Waals surface area contributed by atoms with E-state index in [1.807, 2.05) is 24.3 Å². The van der Waals surface area contributed by atoms with E-state index >= 15 is 0 Å². The van der Waals surface area contributed by atoms with Crippen molar-refractivity contribution in [3.63, 3.8) is 0 Å². The van der Waals surface area contributed by atoms with E-state index in [2.05, 4.69) is 26.1 Å². The van der Waals surface area contributed by atoms with Crippen LogP contribution in [-0.4, -0.2) is 13.0 Å². The van der Waals surface area contributed by atoms with Gasteiger partial charge < -0.3 is 10.1 Å². The second kappa shape index (κ2) is 4.82. The highest BCUT2D eigenvalue weighted by Gasteiger charge is 2.12. The minimum Gasteiger partial charge on any atom is -0.491 e. The molecule has 0 saturated carbocycles. The Hall–Kier alpha value is -1.51. The minimum atomic E-state index is 0.105. The van der Waals surface area contributed by atoms with Crippen molar-refractivity contribution in [1.82, 2.24) is 0 Å². The maximum atomic E-state index is 10.4. The molecule has 82 valence electrons. The van der Waals surface area contributed by atoms with Crippen LogP contribution in [0.1, 0.15) is 20.8 Å². The third kappa shape index (κ3) is 4.02. The summed E-state index contributed by atoms with van der Waals surface area (Å²) in [5.74, 6) is 0.708. The molecule has 1 N–H and O–H groups in total. The molecule has 1 amide bonds. The molecule has 0 aromatic heterocycles. The zero-order valence-corrected chi connectivity index (χ0v) is 9.41. The lowest BCUT2D eigenvalue weighted by Gasteiger charge is -2.20. The SMILES string of the molecule is CC(C)(C)COc1ccccc1NC=O. The van der Waals surface area contributed by atoms with Gasteiger partial charge >= 0.3 is 0 Å². The summed E-state index contributed by atoms with van der Waals surface area (Å²) in [6, 6.07) is 7.40. The molecule has 1 aromatic rings. The number of carbonyl (C=O) groups is 1. The lowest BCUT2D eigenvalue weighted by atomic mass is 9.99. The van der Waals surface area contributed by atoms with Crippen LogP contribution in [0.3, 0.4) is 0 Å². The van der Waals surface area contributed by atoms with Crippen molar-refractivity contribution in [3.8, 4) is 5.75 Å². The smallest absolute Gasteiger partial charge is 0.211 e. The fourth-order valence-electron chi connectivity index (χ4n) is 1.07. The monoisotopic (exact) mass is 207 g/mol. The van der Waals surface area contributed by atoms with Crippen molar-refractivity contribution in [1.29, 1.82) is 0 Å². The number of rotatable bonds is 4. The summed E-state index contributed by atoms with van der Waals surface area (Å²) in [5, 5.41) is 2.61. The molecule has 0 fully saturated rings. The number of amides is 1. The average Bonchev–Trinajstić information content (AvgIpc) is 2.16. The Kier molecular flexibility index (Phi) is 3.72. The Morgan fingerprint density at radius 1 is 1.33 bits per heavy atom. The van der Waals surface area contributed by atoms with Gasteiger partial charge in [0.15, 0.2) is 0 Å². The number of carbonyl (C=O) groups excluding carboxylic acids is 1. The summed E-state index contributed by atoms with van der Waals surface area (Å²) in [6.45, 7) is 6.92. The van der Waals surface area contributed by atoms with Crippen molar-refractivity contribution < 1.29 is 9.53 Å². The van der Waals surface area contributed by atoms with Crippen LogP contribution >= 0.6 is 0 Å². The van der Waals surface area contributed by atoms with E-state index in [1.54, 1.807) is 0 Å². The Morgan fingerprint density at radius 3 is 2.60 bits per heavy atom. The van der Waals surface area contributed by atoms with E-state index in [0.717, 1.165) is 0 Å². The molecule has 0 heterocycles. The second-order valence-corrected chi connectivity index (χ2v) is 4.61. The van der Waals surface area contributed by atoms with Gasteiger partial charge in [0.25, 0.3) is 0 Å². The Morgan fingerprint density at radius 2 is 2.00 bits per heavy atom. The minimum absolute atomic E-state index is 0.105. The van der Waals surface area contributed by atoms with Crippen LogP contribution in [-0.2, 0) is 4.79 Å². The number of hydrogen-bond donors (Lipinski definition) is 1. The molecule has 1 aromatic carbocycles. The highest BCUT2D eigenvalue weighted by atomic mass is 16.5. The molecule has 0 aliphatic heterocycles. The Balaban J connectivity index is 2.71. The first-order valence-electron chi connectivity index (χ1n) is 4.95. The molecule has 0 saturated heterocycles. The van der Waals surface area contributed by atoms with E-state index in [9.17, 15) is 4.79 Å². The standard InChI is InChI=1S/C12H17NO2/c1-12(2,3)8-15-11-7-5-4-6-10(11)13-9-14/h4-7,9H,8H2,1-3H3,(H,13,14). The van der Waals surface area contributed by atoms with Gasteiger partial charge in [-0.15, -0.1) is 0 Å². The molecule has 0 aliphatic rings. The number of benzene rings is 1.